The number of rotatable bonds is 5. The third-order valence-electron chi connectivity index (χ3n) is 6.10. The highest BCUT2D eigenvalue weighted by molar-refractivity contribution is 5.73. The Morgan fingerprint density at radius 2 is 1.86 bits per heavy atom. The number of methoxy groups -OCH3 is 1. The van der Waals surface area contributed by atoms with E-state index in [4.69, 9.17) is 4.74 Å². The Labute approximate surface area is 171 Å². The maximum absolute atomic E-state index is 5.63. The Morgan fingerprint density at radius 3 is 2.76 bits per heavy atom. The van der Waals surface area contributed by atoms with E-state index in [1.165, 1.54) is 17.5 Å². The molecule has 0 spiro atoms. The summed E-state index contributed by atoms with van der Waals surface area (Å²) in [4.78, 5) is 2.56. The molecule has 1 N–H and O–H groups in total. The lowest BCUT2D eigenvalue weighted by molar-refractivity contribution is 0.233. The minimum absolute atomic E-state index is 0.333. The van der Waals surface area contributed by atoms with Crippen molar-refractivity contribution in [3.05, 3.63) is 65.7 Å². The Hall–Kier alpha value is -2.70. The van der Waals surface area contributed by atoms with Crippen LogP contribution >= 0.6 is 0 Å². The summed E-state index contributed by atoms with van der Waals surface area (Å²) < 4.78 is 7.95. The summed E-state index contributed by atoms with van der Waals surface area (Å²) >= 11 is 0. The maximum atomic E-state index is 5.63. The molecule has 6 nitrogen and oxygen atoms in total. The number of ether oxygens (including phenoxy) is 1. The number of benzene rings is 2. The fourth-order valence-electron chi connectivity index (χ4n) is 4.68. The molecule has 0 radical (unpaired) electrons. The second-order valence-electron chi connectivity index (χ2n) is 7.79. The Balaban J connectivity index is 1.45. The smallest absolute Gasteiger partial charge is 0.150 e. The molecule has 2 aliphatic heterocycles. The van der Waals surface area contributed by atoms with E-state index in [1.54, 1.807) is 7.11 Å². The van der Waals surface area contributed by atoms with Gasteiger partial charge in [-0.05, 0) is 36.6 Å². The van der Waals surface area contributed by atoms with Crippen molar-refractivity contribution < 1.29 is 4.74 Å². The van der Waals surface area contributed by atoms with E-state index in [1.807, 2.05) is 12.1 Å². The number of hydrogen-bond donors (Lipinski definition) is 1. The molecule has 5 rings (SSSR count). The average Bonchev–Trinajstić information content (AvgIpc) is 3.40. The van der Waals surface area contributed by atoms with Crippen molar-refractivity contribution in [1.82, 2.24) is 25.0 Å². The molecule has 2 aromatic carbocycles. The van der Waals surface area contributed by atoms with Crippen LogP contribution in [-0.2, 0) is 19.6 Å². The second kappa shape index (κ2) is 7.97. The molecule has 0 aliphatic carbocycles. The molecule has 0 amide bonds. The summed E-state index contributed by atoms with van der Waals surface area (Å²) in [6.45, 7) is 4.75. The van der Waals surface area contributed by atoms with E-state index in [0.717, 1.165) is 62.1 Å². The van der Waals surface area contributed by atoms with Crippen LogP contribution in [-0.4, -0.2) is 39.9 Å². The van der Waals surface area contributed by atoms with Gasteiger partial charge < -0.3 is 14.6 Å². The molecule has 3 aromatic rings. The van der Waals surface area contributed by atoms with Crippen molar-refractivity contribution in [3.8, 4) is 16.9 Å². The van der Waals surface area contributed by atoms with Gasteiger partial charge in [0.25, 0.3) is 0 Å². The van der Waals surface area contributed by atoms with Crippen LogP contribution in [0.25, 0.3) is 11.1 Å². The molecule has 2 aliphatic rings. The van der Waals surface area contributed by atoms with Gasteiger partial charge in [0, 0.05) is 25.2 Å². The van der Waals surface area contributed by atoms with Gasteiger partial charge in [-0.1, -0.05) is 42.5 Å². The Kier molecular flexibility index (Phi) is 5.04. The van der Waals surface area contributed by atoms with Crippen LogP contribution in [0.3, 0.4) is 0 Å². The summed E-state index contributed by atoms with van der Waals surface area (Å²) in [5, 5.41) is 12.4. The molecule has 0 bridgehead atoms. The maximum Gasteiger partial charge on any atom is 0.150 e. The highest BCUT2D eigenvalue weighted by Gasteiger charge is 2.32. The molecule has 29 heavy (non-hydrogen) atoms. The van der Waals surface area contributed by atoms with E-state index in [0.29, 0.717) is 6.04 Å². The summed E-state index contributed by atoms with van der Waals surface area (Å²) in [5.74, 6) is 3.11. The van der Waals surface area contributed by atoms with Crippen molar-refractivity contribution in [2.24, 2.45) is 0 Å². The Bertz CT molecular complexity index is 998. The Morgan fingerprint density at radius 1 is 1.03 bits per heavy atom. The first-order valence-corrected chi connectivity index (χ1v) is 10.4. The van der Waals surface area contributed by atoms with Crippen LogP contribution in [0.1, 0.15) is 36.1 Å². The summed E-state index contributed by atoms with van der Waals surface area (Å²) in [6, 6.07) is 17.3. The van der Waals surface area contributed by atoms with Gasteiger partial charge in [-0.2, -0.15) is 0 Å². The van der Waals surface area contributed by atoms with Crippen molar-refractivity contribution in [3.63, 3.8) is 0 Å². The minimum Gasteiger partial charge on any atom is -0.496 e. The molecule has 150 valence electrons. The fraction of sp³-hybridized carbons (Fsp3) is 0.391. The summed E-state index contributed by atoms with van der Waals surface area (Å²) in [6.07, 6.45) is 2.34. The van der Waals surface area contributed by atoms with Gasteiger partial charge in [-0.15, -0.1) is 10.2 Å². The molecule has 3 heterocycles. The second-order valence-corrected chi connectivity index (χ2v) is 7.79. The molecule has 1 fully saturated rings. The first kappa shape index (κ1) is 18.3. The van der Waals surface area contributed by atoms with Gasteiger partial charge in [-0.25, -0.2) is 0 Å². The van der Waals surface area contributed by atoms with E-state index >= 15 is 0 Å². The zero-order valence-electron chi connectivity index (χ0n) is 16.8. The van der Waals surface area contributed by atoms with Crippen molar-refractivity contribution in [2.45, 2.75) is 38.5 Å². The highest BCUT2D eigenvalue weighted by atomic mass is 16.5. The zero-order chi connectivity index (χ0) is 19.6. The lowest BCUT2D eigenvalue weighted by Crippen LogP contribution is -2.31. The molecule has 0 saturated carbocycles. The predicted molar refractivity (Wildman–Crippen MR) is 113 cm³/mol. The van der Waals surface area contributed by atoms with E-state index in [2.05, 4.69) is 61.4 Å². The third kappa shape index (κ3) is 3.43. The van der Waals surface area contributed by atoms with Crippen LogP contribution < -0.4 is 10.1 Å². The molecule has 1 saturated heterocycles. The molecule has 1 aromatic heterocycles. The number of hydrogen-bond acceptors (Lipinski definition) is 5. The van der Waals surface area contributed by atoms with E-state index in [9.17, 15) is 0 Å². The van der Waals surface area contributed by atoms with Gasteiger partial charge in [0.15, 0.2) is 5.82 Å². The van der Waals surface area contributed by atoms with Crippen LogP contribution in [0, 0.1) is 0 Å². The summed E-state index contributed by atoms with van der Waals surface area (Å²) in [5.41, 5.74) is 3.71. The monoisotopic (exact) mass is 389 g/mol. The van der Waals surface area contributed by atoms with Gasteiger partial charge in [0.2, 0.25) is 0 Å². The quantitative estimate of drug-likeness (QED) is 0.725. The number of nitrogens with one attached hydrogen (secondary N) is 1. The molecule has 0 unspecified atom stereocenters. The lowest BCUT2D eigenvalue weighted by atomic mass is 9.98. The lowest BCUT2D eigenvalue weighted by Gasteiger charge is -2.26. The predicted octanol–water partition coefficient (Wildman–Crippen LogP) is 3.39. The van der Waals surface area contributed by atoms with Crippen molar-refractivity contribution in [1.29, 1.82) is 0 Å². The van der Waals surface area contributed by atoms with Gasteiger partial charge in [0.05, 0.1) is 19.7 Å². The van der Waals surface area contributed by atoms with E-state index in [-0.39, 0.29) is 0 Å². The molecule has 6 heteroatoms. The zero-order valence-corrected chi connectivity index (χ0v) is 16.8. The van der Waals surface area contributed by atoms with Crippen molar-refractivity contribution in [2.75, 3.05) is 20.2 Å². The number of nitrogens with zero attached hydrogens (tertiary/aromatic N) is 4. The first-order valence-electron chi connectivity index (χ1n) is 10.4. The van der Waals surface area contributed by atoms with Crippen LogP contribution in [0.4, 0.5) is 0 Å². The largest absolute Gasteiger partial charge is 0.496 e. The van der Waals surface area contributed by atoms with Crippen LogP contribution in [0.15, 0.2) is 48.5 Å². The van der Waals surface area contributed by atoms with E-state index < -0.39 is 0 Å². The molecule has 1 atom stereocenters. The van der Waals surface area contributed by atoms with Crippen molar-refractivity contribution >= 4 is 0 Å². The number of likely N-dealkylation sites (tertiary alicyclic amines) is 1. The normalized spacial score (nSPS) is 19.3. The number of para-hydroxylation sites is 1. The molecular formula is C23H27N5O. The SMILES string of the molecule is COc1ccccc1-c1ccccc1CN1CCC[C@@H]1c1nnc2n1CCNC2. The topological polar surface area (TPSA) is 55.2 Å². The highest BCUT2D eigenvalue weighted by Crippen LogP contribution is 2.37. The van der Waals surface area contributed by atoms with Crippen LogP contribution in [0.2, 0.25) is 0 Å². The van der Waals surface area contributed by atoms with Gasteiger partial charge in [0.1, 0.15) is 11.6 Å². The fourth-order valence-corrected chi connectivity index (χ4v) is 4.68. The van der Waals surface area contributed by atoms with Gasteiger partial charge in [-0.3, -0.25) is 4.90 Å². The third-order valence-corrected chi connectivity index (χ3v) is 6.10. The first-order chi connectivity index (χ1) is 14.3. The standard InChI is InChI=1S/C23H27N5O/c1-29-21-11-5-4-9-19(21)18-8-3-2-7-17(18)16-27-13-6-10-20(27)23-26-25-22-15-24-12-14-28(22)23/h2-5,7-9,11,20,24H,6,10,12-16H2,1H3/t20-/m1/s1. The average molecular weight is 390 g/mol. The number of aromatic nitrogens is 3. The molecular weight excluding hydrogens is 362 g/mol. The summed E-state index contributed by atoms with van der Waals surface area (Å²) in [7, 11) is 1.74. The minimum atomic E-state index is 0.333. The number of fused-ring (bicyclic) bond motifs is 1. The van der Waals surface area contributed by atoms with Crippen LogP contribution in [0.5, 0.6) is 5.75 Å². The van der Waals surface area contributed by atoms with Gasteiger partial charge >= 0.3 is 0 Å².